The molecule has 3 heterocycles. The topological polar surface area (TPSA) is 55.3 Å². The summed E-state index contributed by atoms with van der Waals surface area (Å²) in [5.41, 5.74) is 2.83. The van der Waals surface area contributed by atoms with E-state index >= 15 is 0 Å². The molecule has 3 aliphatic rings. The average Bonchev–Trinajstić information content (AvgIpc) is 3.38. The monoisotopic (exact) mass is 387 g/mol. The van der Waals surface area contributed by atoms with Crippen LogP contribution in [0, 0.1) is 5.41 Å². The molecule has 1 unspecified atom stereocenters. The number of guanidine groups is 1. The second-order valence-corrected chi connectivity index (χ2v) is 8.32. The highest BCUT2D eigenvalue weighted by Gasteiger charge is 2.42. The number of nitrogens with zero attached hydrogens (tertiary/aromatic N) is 2. The first-order chi connectivity index (χ1) is 13.8. The average molecular weight is 388 g/mol. The lowest BCUT2D eigenvalue weighted by Crippen LogP contribution is -2.41. The van der Waals surface area contributed by atoms with Crippen molar-refractivity contribution in [1.82, 2.24) is 10.2 Å². The Morgan fingerprint density at radius 3 is 2.86 bits per heavy atom. The molecule has 0 radical (unpaired) electrons. The van der Waals surface area contributed by atoms with Crippen molar-refractivity contribution < 1.29 is 14.2 Å². The van der Waals surface area contributed by atoms with Gasteiger partial charge in [-0.3, -0.25) is 4.99 Å². The molecule has 0 bridgehead atoms. The number of nitrogens with one attached hydrogen (secondary N) is 1. The number of rotatable bonds is 5. The van der Waals surface area contributed by atoms with Gasteiger partial charge in [-0.15, -0.1) is 0 Å². The van der Waals surface area contributed by atoms with Crippen molar-refractivity contribution in [2.75, 3.05) is 46.6 Å². The molecule has 0 amide bonds. The Hall–Kier alpha value is -1.63. The van der Waals surface area contributed by atoms with E-state index in [0.29, 0.717) is 18.1 Å². The summed E-state index contributed by atoms with van der Waals surface area (Å²) < 4.78 is 17.1. The van der Waals surface area contributed by atoms with E-state index in [9.17, 15) is 0 Å². The van der Waals surface area contributed by atoms with E-state index in [-0.39, 0.29) is 0 Å². The van der Waals surface area contributed by atoms with E-state index in [1.54, 1.807) is 0 Å². The van der Waals surface area contributed by atoms with E-state index in [2.05, 4.69) is 39.5 Å². The highest BCUT2D eigenvalue weighted by atomic mass is 16.5. The van der Waals surface area contributed by atoms with Crippen LogP contribution in [0.3, 0.4) is 0 Å². The molecule has 6 nitrogen and oxygen atoms in total. The standard InChI is InChI=1S/C22H33N3O3/c1-23-21(25-9-7-22(16-25)8-12-27-17-22)24-14-18-3-2-4-19(13-18)15-28-20-5-10-26-11-6-20/h2-4,13,20H,5-12,14-17H2,1H3,(H,23,24). The molecule has 1 N–H and O–H groups in total. The first-order valence-electron chi connectivity index (χ1n) is 10.6. The Balaban J connectivity index is 1.27. The highest BCUT2D eigenvalue weighted by Crippen LogP contribution is 2.38. The number of hydrogen-bond donors (Lipinski definition) is 1. The predicted octanol–water partition coefficient (Wildman–Crippen LogP) is 2.57. The maximum absolute atomic E-state index is 6.06. The van der Waals surface area contributed by atoms with Gasteiger partial charge in [0.25, 0.3) is 0 Å². The maximum atomic E-state index is 6.06. The Morgan fingerprint density at radius 1 is 1.21 bits per heavy atom. The molecule has 3 aliphatic heterocycles. The largest absolute Gasteiger partial charge is 0.381 e. The Labute approximate surface area is 168 Å². The van der Waals surface area contributed by atoms with E-state index in [1.165, 1.54) is 24.0 Å². The maximum Gasteiger partial charge on any atom is 0.193 e. The predicted molar refractivity (Wildman–Crippen MR) is 109 cm³/mol. The minimum absolute atomic E-state index is 0.330. The van der Waals surface area contributed by atoms with Gasteiger partial charge >= 0.3 is 0 Å². The van der Waals surface area contributed by atoms with Gasteiger partial charge in [0.05, 0.1) is 19.3 Å². The Bertz CT molecular complexity index is 667. The summed E-state index contributed by atoms with van der Waals surface area (Å²) in [7, 11) is 1.87. The van der Waals surface area contributed by atoms with Gasteiger partial charge in [0.2, 0.25) is 0 Å². The molecular weight excluding hydrogens is 354 g/mol. The zero-order valence-electron chi connectivity index (χ0n) is 17.0. The molecule has 3 saturated heterocycles. The van der Waals surface area contributed by atoms with Crippen molar-refractivity contribution >= 4 is 5.96 Å². The lowest BCUT2D eigenvalue weighted by molar-refractivity contribution is -0.0390. The van der Waals surface area contributed by atoms with Crippen LogP contribution in [-0.4, -0.2) is 63.5 Å². The van der Waals surface area contributed by atoms with Crippen molar-refractivity contribution in [2.45, 2.75) is 44.9 Å². The molecule has 1 aromatic rings. The summed E-state index contributed by atoms with van der Waals surface area (Å²) in [4.78, 5) is 6.90. The summed E-state index contributed by atoms with van der Waals surface area (Å²) in [6, 6.07) is 8.65. The van der Waals surface area contributed by atoms with Crippen molar-refractivity contribution in [2.24, 2.45) is 10.4 Å². The van der Waals surface area contributed by atoms with Crippen LogP contribution in [-0.2, 0) is 27.4 Å². The fraction of sp³-hybridized carbons (Fsp3) is 0.682. The second-order valence-electron chi connectivity index (χ2n) is 8.32. The quantitative estimate of drug-likeness (QED) is 0.622. The molecule has 4 rings (SSSR count). The molecule has 1 aromatic carbocycles. The lowest BCUT2D eigenvalue weighted by Gasteiger charge is -2.25. The number of benzene rings is 1. The fourth-order valence-corrected chi connectivity index (χ4v) is 4.49. The molecule has 6 heteroatoms. The fourth-order valence-electron chi connectivity index (χ4n) is 4.49. The smallest absolute Gasteiger partial charge is 0.193 e. The zero-order valence-corrected chi connectivity index (χ0v) is 17.0. The van der Waals surface area contributed by atoms with Gasteiger partial charge in [-0.1, -0.05) is 24.3 Å². The molecule has 0 aromatic heterocycles. The molecule has 0 saturated carbocycles. The Morgan fingerprint density at radius 2 is 2.07 bits per heavy atom. The van der Waals surface area contributed by atoms with Crippen molar-refractivity contribution in [3.63, 3.8) is 0 Å². The molecule has 28 heavy (non-hydrogen) atoms. The lowest BCUT2D eigenvalue weighted by atomic mass is 9.87. The third kappa shape index (κ3) is 4.85. The number of likely N-dealkylation sites (tertiary alicyclic amines) is 1. The summed E-state index contributed by atoms with van der Waals surface area (Å²) in [5, 5.41) is 3.54. The normalized spacial score (nSPS) is 26.3. The van der Waals surface area contributed by atoms with Crippen LogP contribution in [0.4, 0.5) is 0 Å². The van der Waals surface area contributed by atoms with Gasteiger partial charge < -0.3 is 24.4 Å². The summed E-state index contributed by atoms with van der Waals surface area (Å²) in [6.07, 6.45) is 4.71. The van der Waals surface area contributed by atoms with Crippen LogP contribution >= 0.6 is 0 Å². The van der Waals surface area contributed by atoms with Crippen LogP contribution in [0.1, 0.15) is 36.8 Å². The Kier molecular flexibility index (Phi) is 6.50. The van der Waals surface area contributed by atoms with E-state index in [0.717, 1.165) is 64.9 Å². The number of hydrogen-bond acceptors (Lipinski definition) is 4. The van der Waals surface area contributed by atoms with Gasteiger partial charge in [0.15, 0.2) is 5.96 Å². The van der Waals surface area contributed by atoms with Crippen LogP contribution in [0.25, 0.3) is 0 Å². The first-order valence-corrected chi connectivity index (χ1v) is 10.6. The van der Waals surface area contributed by atoms with Crippen molar-refractivity contribution in [3.05, 3.63) is 35.4 Å². The van der Waals surface area contributed by atoms with E-state index < -0.39 is 0 Å². The van der Waals surface area contributed by atoms with Gasteiger partial charge in [0.1, 0.15) is 0 Å². The first kappa shape index (κ1) is 19.7. The molecule has 0 aliphatic carbocycles. The van der Waals surface area contributed by atoms with E-state index in [4.69, 9.17) is 14.2 Å². The van der Waals surface area contributed by atoms with Crippen LogP contribution in [0.2, 0.25) is 0 Å². The number of ether oxygens (including phenoxy) is 3. The van der Waals surface area contributed by atoms with Crippen molar-refractivity contribution in [1.29, 1.82) is 0 Å². The summed E-state index contributed by atoms with van der Waals surface area (Å²) in [6.45, 7) is 6.99. The number of aliphatic imine (C=N–C) groups is 1. The molecular formula is C22H33N3O3. The molecule has 3 fully saturated rings. The van der Waals surface area contributed by atoms with Crippen LogP contribution < -0.4 is 5.32 Å². The van der Waals surface area contributed by atoms with Gasteiger partial charge in [-0.25, -0.2) is 0 Å². The summed E-state index contributed by atoms with van der Waals surface area (Å²) >= 11 is 0. The van der Waals surface area contributed by atoms with Crippen LogP contribution in [0.5, 0.6) is 0 Å². The summed E-state index contributed by atoms with van der Waals surface area (Å²) in [5.74, 6) is 0.993. The van der Waals surface area contributed by atoms with Gasteiger partial charge in [-0.05, 0) is 36.8 Å². The third-order valence-corrected chi connectivity index (χ3v) is 6.23. The third-order valence-electron chi connectivity index (χ3n) is 6.23. The minimum atomic E-state index is 0.330. The van der Waals surface area contributed by atoms with E-state index in [1.807, 2.05) is 7.05 Å². The molecule has 1 spiro atoms. The van der Waals surface area contributed by atoms with Crippen LogP contribution in [0.15, 0.2) is 29.3 Å². The zero-order chi connectivity index (χ0) is 19.2. The van der Waals surface area contributed by atoms with Gasteiger partial charge in [0, 0.05) is 51.9 Å². The van der Waals surface area contributed by atoms with Crippen molar-refractivity contribution in [3.8, 4) is 0 Å². The molecule has 154 valence electrons. The van der Waals surface area contributed by atoms with Gasteiger partial charge in [-0.2, -0.15) is 0 Å². The minimum Gasteiger partial charge on any atom is -0.381 e. The highest BCUT2D eigenvalue weighted by molar-refractivity contribution is 5.80. The SMILES string of the molecule is CN=C(NCc1cccc(COC2CCOCC2)c1)N1CCC2(CCOC2)C1. The second kappa shape index (κ2) is 9.25. The molecule has 1 atom stereocenters.